The lowest BCUT2D eigenvalue weighted by molar-refractivity contribution is 0.181. The van der Waals surface area contributed by atoms with Crippen LogP contribution in [0, 0.1) is 5.92 Å². The van der Waals surface area contributed by atoms with Gasteiger partial charge in [0, 0.05) is 18.0 Å². The predicted molar refractivity (Wildman–Crippen MR) is 52.5 cm³/mol. The Morgan fingerprint density at radius 1 is 1.54 bits per heavy atom. The second kappa shape index (κ2) is 3.56. The summed E-state index contributed by atoms with van der Waals surface area (Å²) in [6.45, 7) is 4.38. The molecule has 2 aliphatic rings. The van der Waals surface area contributed by atoms with Gasteiger partial charge in [-0.2, -0.15) is 0 Å². The lowest BCUT2D eigenvalue weighted by Gasteiger charge is -2.31. The number of hydrogen-bond acceptors (Lipinski definition) is 1. The Kier molecular flexibility index (Phi) is 2.59. The van der Waals surface area contributed by atoms with E-state index in [2.05, 4.69) is 11.8 Å². The third-order valence-electron chi connectivity index (χ3n) is 3.82. The molecule has 0 saturated carbocycles. The van der Waals surface area contributed by atoms with E-state index in [9.17, 15) is 4.39 Å². The smallest absolute Gasteiger partial charge is 0.0935 e. The molecule has 2 aliphatic heterocycles. The molecule has 0 aromatic rings. The van der Waals surface area contributed by atoms with E-state index in [0.717, 1.165) is 13.0 Å². The van der Waals surface area contributed by atoms with Crippen LogP contribution < -0.4 is 0 Å². The van der Waals surface area contributed by atoms with Crippen LogP contribution in [0.5, 0.6) is 0 Å². The van der Waals surface area contributed by atoms with Gasteiger partial charge in [-0.1, -0.05) is 13.3 Å². The summed E-state index contributed by atoms with van der Waals surface area (Å²) in [5, 5.41) is 0. The van der Waals surface area contributed by atoms with Gasteiger partial charge in [-0.05, 0) is 32.2 Å². The van der Waals surface area contributed by atoms with Crippen LogP contribution in [0.2, 0.25) is 0 Å². The molecule has 0 N–H and O–H groups in total. The van der Waals surface area contributed by atoms with E-state index in [-0.39, 0.29) is 6.67 Å². The first-order valence-corrected chi connectivity index (χ1v) is 5.62. The first-order chi connectivity index (χ1) is 6.30. The lowest BCUT2D eigenvalue weighted by Crippen LogP contribution is -2.37. The molecule has 0 spiro atoms. The summed E-state index contributed by atoms with van der Waals surface area (Å²) in [4.78, 5) is 2.56. The van der Waals surface area contributed by atoms with Crippen LogP contribution in [-0.4, -0.2) is 30.2 Å². The third-order valence-corrected chi connectivity index (χ3v) is 3.82. The maximum absolute atomic E-state index is 12.6. The number of alkyl halides is 1. The van der Waals surface area contributed by atoms with Crippen molar-refractivity contribution in [2.75, 3.05) is 19.8 Å². The summed E-state index contributed by atoms with van der Waals surface area (Å²) < 4.78 is 12.6. The third kappa shape index (κ3) is 1.50. The molecule has 0 aromatic heterocycles. The van der Waals surface area contributed by atoms with Crippen LogP contribution in [0.4, 0.5) is 4.39 Å². The number of halogens is 1. The summed E-state index contributed by atoms with van der Waals surface area (Å²) in [5.41, 5.74) is 0.422. The molecule has 0 bridgehead atoms. The minimum absolute atomic E-state index is 0.109. The van der Waals surface area contributed by atoms with Crippen LogP contribution in [-0.2, 0) is 0 Å². The van der Waals surface area contributed by atoms with Gasteiger partial charge in [-0.15, -0.1) is 0 Å². The molecule has 0 amide bonds. The van der Waals surface area contributed by atoms with Crippen LogP contribution in [0.1, 0.15) is 39.0 Å². The molecule has 13 heavy (non-hydrogen) atoms. The van der Waals surface area contributed by atoms with E-state index < -0.39 is 0 Å². The molecule has 2 unspecified atom stereocenters. The maximum atomic E-state index is 12.6. The fraction of sp³-hybridized carbons (Fsp3) is 1.00. The van der Waals surface area contributed by atoms with Gasteiger partial charge in [-0.25, -0.2) is 0 Å². The fourth-order valence-corrected chi connectivity index (χ4v) is 3.38. The second-order valence-electron chi connectivity index (χ2n) is 4.75. The minimum Gasteiger partial charge on any atom is -0.297 e. The van der Waals surface area contributed by atoms with Crippen LogP contribution in [0.15, 0.2) is 0 Å². The minimum atomic E-state index is -0.109. The molecule has 2 rings (SSSR count). The van der Waals surface area contributed by atoms with Crippen molar-refractivity contribution >= 4 is 0 Å². The molecule has 2 atom stereocenters. The average molecular weight is 185 g/mol. The first kappa shape index (κ1) is 9.45. The van der Waals surface area contributed by atoms with Crippen molar-refractivity contribution < 1.29 is 4.39 Å². The highest BCUT2D eigenvalue weighted by Crippen LogP contribution is 2.44. The van der Waals surface area contributed by atoms with Crippen molar-refractivity contribution in [3.63, 3.8) is 0 Å². The molecule has 2 heterocycles. The number of fused-ring (bicyclic) bond motifs is 1. The van der Waals surface area contributed by atoms with Crippen LogP contribution in [0.25, 0.3) is 0 Å². The largest absolute Gasteiger partial charge is 0.297 e. The highest BCUT2D eigenvalue weighted by molar-refractivity contribution is 5.02. The highest BCUT2D eigenvalue weighted by Gasteiger charge is 2.47. The van der Waals surface area contributed by atoms with Gasteiger partial charge in [0.25, 0.3) is 0 Å². The molecule has 0 radical (unpaired) electrons. The Bertz CT molecular complexity index is 183. The molecule has 0 aliphatic carbocycles. The standard InChI is InChI=1S/C11H20FN/c1-2-4-11-5-3-6-13(11)9-10(7-11)8-12/h10H,2-9H2,1H3. The molecule has 2 fully saturated rings. The van der Waals surface area contributed by atoms with Gasteiger partial charge in [0.15, 0.2) is 0 Å². The van der Waals surface area contributed by atoms with Crippen molar-refractivity contribution in [3.05, 3.63) is 0 Å². The summed E-state index contributed by atoms with van der Waals surface area (Å²) >= 11 is 0. The van der Waals surface area contributed by atoms with E-state index in [1.807, 2.05) is 0 Å². The quantitative estimate of drug-likeness (QED) is 0.653. The van der Waals surface area contributed by atoms with Crippen LogP contribution in [0.3, 0.4) is 0 Å². The van der Waals surface area contributed by atoms with E-state index in [1.165, 1.54) is 32.2 Å². The molecule has 1 nitrogen and oxygen atoms in total. The first-order valence-electron chi connectivity index (χ1n) is 5.62. The van der Waals surface area contributed by atoms with Gasteiger partial charge in [0.2, 0.25) is 0 Å². The molecule has 2 saturated heterocycles. The molecule has 0 aromatic carbocycles. The Morgan fingerprint density at radius 2 is 2.38 bits per heavy atom. The Hall–Kier alpha value is -0.110. The Labute approximate surface area is 80.3 Å². The van der Waals surface area contributed by atoms with E-state index in [1.54, 1.807) is 0 Å². The topological polar surface area (TPSA) is 3.24 Å². The fourth-order valence-electron chi connectivity index (χ4n) is 3.38. The zero-order valence-corrected chi connectivity index (χ0v) is 8.56. The Morgan fingerprint density at radius 3 is 3.08 bits per heavy atom. The Balaban J connectivity index is 2.05. The average Bonchev–Trinajstić information content (AvgIpc) is 2.60. The SMILES string of the molecule is CCCC12CCCN1CC(CF)C2. The van der Waals surface area contributed by atoms with E-state index >= 15 is 0 Å². The van der Waals surface area contributed by atoms with Crippen molar-refractivity contribution in [2.45, 2.75) is 44.6 Å². The summed E-state index contributed by atoms with van der Waals surface area (Å²) in [7, 11) is 0. The van der Waals surface area contributed by atoms with Gasteiger partial charge in [-0.3, -0.25) is 9.29 Å². The zero-order chi connectivity index (χ0) is 9.31. The van der Waals surface area contributed by atoms with E-state index in [4.69, 9.17) is 0 Å². The highest BCUT2D eigenvalue weighted by atomic mass is 19.1. The predicted octanol–water partition coefficient (Wildman–Crippen LogP) is 2.61. The molecular formula is C11H20FN. The summed E-state index contributed by atoms with van der Waals surface area (Å²) in [6.07, 6.45) is 6.30. The van der Waals surface area contributed by atoms with Crippen molar-refractivity contribution in [3.8, 4) is 0 Å². The van der Waals surface area contributed by atoms with Crippen molar-refractivity contribution in [1.82, 2.24) is 4.90 Å². The molecule has 76 valence electrons. The number of rotatable bonds is 3. The zero-order valence-electron chi connectivity index (χ0n) is 8.56. The number of hydrogen-bond donors (Lipinski definition) is 0. The van der Waals surface area contributed by atoms with Gasteiger partial charge >= 0.3 is 0 Å². The monoisotopic (exact) mass is 185 g/mol. The molecule has 2 heteroatoms. The lowest BCUT2D eigenvalue weighted by atomic mass is 9.86. The number of nitrogens with zero attached hydrogens (tertiary/aromatic N) is 1. The molecular weight excluding hydrogens is 165 g/mol. The summed E-state index contributed by atoms with van der Waals surface area (Å²) in [6, 6.07) is 0. The van der Waals surface area contributed by atoms with Gasteiger partial charge in [0.1, 0.15) is 0 Å². The second-order valence-corrected chi connectivity index (χ2v) is 4.75. The van der Waals surface area contributed by atoms with Gasteiger partial charge < -0.3 is 0 Å². The van der Waals surface area contributed by atoms with Crippen LogP contribution >= 0.6 is 0 Å². The van der Waals surface area contributed by atoms with E-state index in [0.29, 0.717) is 11.5 Å². The van der Waals surface area contributed by atoms with Crippen molar-refractivity contribution in [2.24, 2.45) is 5.92 Å². The normalized spacial score (nSPS) is 39.7. The maximum Gasteiger partial charge on any atom is 0.0935 e. The summed E-state index contributed by atoms with van der Waals surface area (Å²) in [5.74, 6) is 0.340. The van der Waals surface area contributed by atoms with Gasteiger partial charge in [0.05, 0.1) is 6.67 Å². The van der Waals surface area contributed by atoms with Crippen molar-refractivity contribution in [1.29, 1.82) is 0 Å².